The number of hydrogen-bond acceptors (Lipinski definition) is 4. The van der Waals surface area contributed by atoms with Gasteiger partial charge in [-0.25, -0.2) is 0 Å². The standard InChI is InChI=1S/C6H3N4O3S/c7-9-4-1-2-6(14(11,12)13)5(3-4)10-8/h1-3H/q+1/p+1. The van der Waals surface area contributed by atoms with E-state index in [0.717, 1.165) is 18.2 Å². The lowest BCUT2D eigenvalue weighted by molar-refractivity contribution is 0.483. The van der Waals surface area contributed by atoms with Gasteiger partial charge in [-0.15, -0.1) is 0 Å². The Morgan fingerprint density at radius 1 is 1.21 bits per heavy atom. The second kappa shape index (κ2) is 3.38. The third-order valence-electron chi connectivity index (χ3n) is 1.44. The van der Waals surface area contributed by atoms with Crippen molar-refractivity contribution in [3.63, 3.8) is 0 Å². The van der Waals surface area contributed by atoms with Crippen LogP contribution in [0.4, 0.5) is 11.4 Å². The summed E-state index contributed by atoms with van der Waals surface area (Å²) in [6, 6.07) is 3.08. The van der Waals surface area contributed by atoms with Gasteiger partial charge in [0.15, 0.2) is 14.8 Å². The van der Waals surface area contributed by atoms with E-state index < -0.39 is 20.7 Å². The summed E-state index contributed by atoms with van der Waals surface area (Å²) in [5.41, 5.74) is -0.395. The van der Waals surface area contributed by atoms with E-state index in [1.807, 2.05) is 0 Å². The number of diazo groups is 2. The van der Waals surface area contributed by atoms with Crippen LogP contribution in [0.1, 0.15) is 0 Å². The highest BCUT2D eigenvalue weighted by Crippen LogP contribution is 2.28. The van der Waals surface area contributed by atoms with Gasteiger partial charge in [-0.1, -0.05) is 0 Å². The topological polar surface area (TPSA) is 111 Å². The second-order valence-electron chi connectivity index (χ2n) is 2.33. The maximum atomic E-state index is 10.7. The fourth-order valence-electron chi connectivity index (χ4n) is 0.864. The van der Waals surface area contributed by atoms with Gasteiger partial charge < -0.3 is 0 Å². The zero-order chi connectivity index (χ0) is 10.8. The van der Waals surface area contributed by atoms with Crippen LogP contribution < -0.4 is 0 Å². The zero-order valence-corrected chi connectivity index (χ0v) is 7.51. The lowest BCUT2D eigenvalue weighted by Crippen LogP contribution is -1.97. The van der Waals surface area contributed by atoms with Crippen LogP contribution in [0.3, 0.4) is 0 Å². The van der Waals surface area contributed by atoms with Crippen molar-refractivity contribution >= 4 is 21.5 Å². The van der Waals surface area contributed by atoms with Gasteiger partial charge >= 0.3 is 21.5 Å². The minimum atomic E-state index is -4.45. The smallest absolute Gasteiger partial charge is 0.282 e. The fraction of sp³-hybridized carbons (Fsp3) is 0. The molecule has 0 radical (unpaired) electrons. The SMILES string of the molecule is N#[N+]c1ccc(S(=O)(=O)O)c([N+]#N)c1. The first-order valence-electron chi connectivity index (χ1n) is 3.31. The normalized spacial score (nSPS) is 10.2. The van der Waals surface area contributed by atoms with Gasteiger partial charge in [-0.05, 0) is 6.07 Å². The summed E-state index contributed by atoms with van der Waals surface area (Å²) in [5, 5.41) is 16.8. The van der Waals surface area contributed by atoms with Crippen molar-refractivity contribution in [3.8, 4) is 0 Å². The first kappa shape index (κ1) is 10.1. The summed E-state index contributed by atoms with van der Waals surface area (Å²) < 4.78 is 30.1. The Morgan fingerprint density at radius 2 is 1.86 bits per heavy atom. The molecular weight excluding hydrogens is 208 g/mol. The summed E-state index contributed by atoms with van der Waals surface area (Å²) in [6.45, 7) is 0. The molecule has 1 N–H and O–H groups in total. The van der Waals surface area contributed by atoms with E-state index in [2.05, 4.69) is 9.95 Å². The molecule has 0 heterocycles. The highest BCUT2D eigenvalue weighted by molar-refractivity contribution is 7.86. The maximum Gasteiger partial charge on any atom is 0.414 e. The Morgan fingerprint density at radius 3 is 2.29 bits per heavy atom. The van der Waals surface area contributed by atoms with E-state index in [-0.39, 0.29) is 5.69 Å². The largest absolute Gasteiger partial charge is 0.414 e. The van der Waals surface area contributed by atoms with Crippen LogP contribution in [-0.4, -0.2) is 13.0 Å². The molecule has 0 spiro atoms. The molecule has 1 aromatic rings. The molecule has 0 atom stereocenters. The van der Waals surface area contributed by atoms with Crippen LogP contribution >= 0.6 is 0 Å². The molecule has 1 aromatic carbocycles. The van der Waals surface area contributed by atoms with Gasteiger partial charge in [0.25, 0.3) is 0 Å². The second-order valence-corrected chi connectivity index (χ2v) is 3.72. The molecule has 7 nitrogen and oxygen atoms in total. The Bertz CT molecular complexity index is 551. The number of nitrogens with zero attached hydrogens (tertiary/aromatic N) is 4. The fourth-order valence-corrected chi connectivity index (χ4v) is 1.47. The van der Waals surface area contributed by atoms with Gasteiger partial charge in [0, 0.05) is 6.07 Å². The van der Waals surface area contributed by atoms with Gasteiger partial charge in [-0.2, -0.15) is 8.42 Å². The molecule has 14 heavy (non-hydrogen) atoms. The van der Waals surface area contributed by atoms with E-state index in [1.165, 1.54) is 0 Å². The minimum Gasteiger partial charge on any atom is -0.282 e. The van der Waals surface area contributed by atoms with Crippen LogP contribution in [0.2, 0.25) is 0 Å². The van der Waals surface area contributed by atoms with Crippen molar-refractivity contribution in [2.24, 2.45) is 0 Å². The van der Waals surface area contributed by atoms with Crippen molar-refractivity contribution in [2.45, 2.75) is 4.90 Å². The average molecular weight is 212 g/mol. The van der Waals surface area contributed by atoms with Crippen LogP contribution in [0.5, 0.6) is 0 Å². The average Bonchev–Trinajstić information content (AvgIpc) is 2.15. The summed E-state index contributed by atoms with van der Waals surface area (Å²) >= 11 is 0. The molecule has 8 heteroatoms. The zero-order valence-electron chi connectivity index (χ0n) is 6.69. The Kier molecular flexibility index (Phi) is 2.42. The number of rotatable bonds is 1. The summed E-state index contributed by atoms with van der Waals surface area (Å²) in [6.07, 6.45) is 0. The molecule has 0 saturated heterocycles. The van der Waals surface area contributed by atoms with Crippen LogP contribution in [0.15, 0.2) is 23.1 Å². The maximum absolute atomic E-state index is 10.7. The molecule has 0 unspecified atom stereocenters. The van der Waals surface area contributed by atoms with Gasteiger partial charge in [0.1, 0.15) is 6.07 Å². The predicted octanol–water partition coefficient (Wildman–Crippen LogP) is 1.90. The van der Waals surface area contributed by atoms with Gasteiger partial charge in [0.05, 0.1) is 0 Å². The Hall–Kier alpha value is -2.03. The van der Waals surface area contributed by atoms with E-state index in [1.54, 1.807) is 0 Å². The lowest BCUT2D eigenvalue weighted by atomic mass is 10.3. The summed E-state index contributed by atoms with van der Waals surface area (Å²) in [7, 11) is -4.45. The predicted molar refractivity (Wildman–Crippen MR) is 45.7 cm³/mol. The summed E-state index contributed by atoms with van der Waals surface area (Å²) in [5.74, 6) is 0. The van der Waals surface area contributed by atoms with Crippen LogP contribution in [0.25, 0.3) is 9.95 Å². The molecule has 0 aliphatic rings. The molecule has 0 amide bonds. The van der Waals surface area contributed by atoms with Crippen molar-refractivity contribution in [1.29, 1.82) is 10.8 Å². The molecule has 70 valence electrons. The molecule has 0 aromatic heterocycles. The lowest BCUT2D eigenvalue weighted by Gasteiger charge is -1.89. The van der Waals surface area contributed by atoms with Gasteiger partial charge in [0.2, 0.25) is 10.8 Å². The van der Waals surface area contributed by atoms with Crippen molar-refractivity contribution in [1.82, 2.24) is 0 Å². The van der Waals surface area contributed by atoms with Crippen molar-refractivity contribution in [3.05, 3.63) is 28.2 Å². The van der Waals surface area contributed by atoms with Gasteiger partial charge in [-0.3, -0.25) is 4.55 Å². The molecule has 0 bridgehead atoms. The van der Waals surface area contributed by atoms with Crippen LogP contribution in [0, 0.1) is 10.8 Å². The Balaban J connectivity index is 3.53. The molecule has 0 aliphatic carbocycles. The monoisotopic (exact) mass is 212 g/mol. The Labute approximate surface area is 79.0 Å². The summed E-state index contributed by atoms with van der Waals surface area (Å²) in [4.78, 5) is 4.83. The molecule has 0 fully saturated rings. The molecule has 0 aliphatic heterocycles. The molecule has 1 rings (SSSR count). The molecule has 0 saturated carbocycles. The van der Waals surface area contributed by atoms with Crippen molar-refractivity contribution < 1.29 is 13.0 Å². The number of hydrogen-bond donors (Lipinski definition) is 1. The first-order chi connectivity index (χ1) is 6.49. The quantitative estimate of drug-likeness (QED) is 0.564. The molecular formula is C6H4N4O3S+2. The van der Waals surface area contributed by atoms with Crippen LogP contribution in [-0.2, 0) is 10.1 Å². The highest BCUT2D eigenvalue weighted by Gasteiger charge is 2.27. The van der Waals surface area contributed by atoms with E-state index in [9.17, 15) is 8.42 Å². The minimum absolute atomic E-state index is 0.00481. The number of benzene rings is 1. The first-order valence-corrected chi connectivity index (χ1v) is 4.75. The van der Waals surface area contributed by atoms with E-state index in [0.29, 0.717) is 0 Å². The third kappa shape index (κ3) is 1.82. The van der Waals surface area contributed by atoms with Crippen molar-refractivity contribution in [2.75, 3.05) is 0 Å². The van der Waals surface area contributed by atoms with E-state index in [4.69, 9.17) is 15.3 Å². The van der Waals surface area contributed by atoms with E-state index >= 15 is 0 Å². The highest BCUT2D eigenvalue weighted by atomic mass is 32.2. The third-order valence-corrected chi connectivity index (χ3v) is 2.34.